The predicted octanol–water partition coefficient (Wildman–Crippen LogP) is 1.24. The third-order valence-electron chi connectivity index (χ3n) is 1.76. The van der Waals surface area contributed by atoms with Crippen molar-refractivity contribution in [2.24, 2.45) is 0 Å². The predicted molar refractivity (Wildman–Crippen MR) is 53.7 cm³/mol. The maximum Gasteiger partial charge on any atom is 0.326 e. The highest BCUT2D eigenvalue weighted by molar-refractivity contribution is 5.76. The topological polar surface area (TPSA) is 46.9 Å². The average molecular weight is 191 g/mol. The molecule has 4 heteroatoms. The second-order valence-electron chi connectivity index (χ2n) is 2.86. The lowest BCUT2D eigenvalue weighted by Crippen LogP contribution is -2.28. The summed E-state index contributed by atoms with van der Waals surface area (Å²) in [5.41, 5.74) is 0. The maximum atomic E-state index is 11.3. The molecular weight excluding hydrogens is 178 g/mol. The van der Waals surface area contributed by atoms with Gasteiger partial charge in [-0.3, -0.25) is 4.57 Å². The van der Waals surface area contributed by atoms with Crippen LogP contribution >= 0.6 is 0 Å². The second kappa shape index (κ2) is 5.81. The van der Waals surface area contributed by atoms with Crippen LogP contribution in [0.4, 0.5) is 4.79 Å². The molecule has 0 aliphatic heterocycles. The molecule has 0 aliphatic rings. The van der Waals surface area contributed by atoms with E-state index >= 15 is 0 Å². The van der Waals surface area contributed by atoms with E-state index in [-0.39, 0.29) is 6.03 Å². The summed E-state index contributed by atoms with van der Waals surface area (Å²) in [7, 11) is 0. The summed E-state index contributed by atoms with van der Waals surface area (Å²) in [6.45, 7) is 0.651. The molecular formula is C10H13N3O. The van der Waals surface area contributed by atoms with Gasteiger partial charge in [0.15, 0.2) is 0 Å². The summed E-state index contributed by atoms with van der Waals surface area (Å²) in [4.78, 5) is 15.1. The number of unbranched alkanes of at least 4 members (excludes halogenated alkanes) is 2. The largest absolute Gasteiger partial charge is 0.337 e. The van der Waals surface area contributed by atoms with Crippen LogP contribution < -0.4 is 5.32 Å². The van der Waals surface area contributed by atoms with E-state index in [4.69, 9.17) is 6.42 Å². The molecule has 4 nitrogen and oxygen atoms in total. The van der Waals surface area contributed by atoms with Gasteiger partial charge in [0, 0.05) is 25.4 Å². The van der Waals surface area contributed by atoms with Crippen molar-refractivity contribution in [3.05, 3.63) is 18.7 Å². The van der Waals surface area contributed by atoms with E-state index in [1.165, 1.54) is 10.9 Å². The number of nitrogens with zero attached hydrogens (tertiary/aromatic N) is 2. The number of hydrogen-bond acceptors (Lipinski definition) is 2. The van der Waals surface area contributed by atoms with Gasteiger partial charge in [0.2, 0.25) is 0 Å². The summed E-state index contributed by atoms with van der Waals surface area (Å²) < 4.78 is 1.40. The van der Waals surface area contributed by atoms with Gasteiger partial charge in [0.25, 0.3) is 0 Å². The molecule has 14 heavy (non-hydrogen) atoms. The molecule has 1 N–H and O–H groups in total. The maximum absolute atomic E-state index is 11.3. The van der Waals surface area contributed by atoms with E-state index in [1.807, 2.05) is 0 Å². The van der Waals surface area contributed by atoms with Gasteiger partial charge in [-0.25, -0.2) is 9.78 Å². The fourth-order valence-electron chi connectivity index (χ4n) is 1.02. The normalized spacial score (nSPS) is 9.36. The van der Waals surface area contributed by atoms with Crippen LogP contribution in [0.5, 0.6) is 0 Å². The Morgan fingerprint density at radius 2 is 2.43 bits per heavy atom. The Bertz CT molecular complexity index is 311. The molecule has 0 unspecified atom stereocenters. The van der Waals surface area contributed by atoms with Crippen molar-refractivity contribution in [1.82, 2.24) is 14.9 Å². The first kappa shape index (κ1) is 10.3. The Morgan fingerprint density at radius 1 is 1.57 bits per heavy atom. The molecule has 1 heterocycles. The zero-order valence-corrected chi connectivity index (χ0v) is 7.94. The Kier molecular flexibility index (Phi) is 4.29. The van der Waals surface area contributed by atoms with Crippen molar-refractivity contribution in [2.45, 2.75) is 19.3 Å². The smallest absolute Gasteiger partial charge is 0.326 e. The molecule has 0 aromatic carbocycles. The summed E-state index contributed by atoms with van der Waals surface area (Å²) in [5, 5.41) is 2.76. The Labute approximate surface area is 83.3 Å². The molecule has 0 saturated carbocycles. The molecule has 0 radical (unpaired) electrons. The van der Waals surface area contributed by atoms with Gasteiger partial charge < -0.3 is 5.32 Å². The highest BCUT2D eigenvalue weighted by Gasteiger charge is 2.00. The van der Waals surface area contributed by atoms with E-state index in [0.29, 0.717) is 6.54 Å². The first-order chi connectivity index (χ1) is 6.84. The number of carbonyl (C=O) groups is 1. The summed E-state index contributed by atoms with van der Waals surface area (Å²) in [5.74, 6) is 2.56. The first-order valence-corrected chi connectivity index (χ1v) is 4.54. The highest BCUT2D eigenvalue weighted by atomic mass is 16.2. The number of hydrogen-bond donors (Lipinski definition) is 1. The van der Waals surface area contributed by atoms with Crippen LogP contribution in [0.3, 0.4) is 0 Å². The first-order valence-electron chi connectivity index (χ1n) is 4.54. The number of nitrogens with one attached hydrogen (secondary N) is 1. The van der Waals surface area contributed by atoms with Gasteiger partial charge in [-0.05, 0) is 12.8 Å². The zero-order valence-electron chi connectivity index (χ0n) is 7.94. The van der Waals surface area contributed by atoms with Crippen molar-refractivity contribution >= 4 is 6.03 Å². The van der Waals surface area contributed by atoms with Crippen molar-refractivity contribution in [2.75, 3.05) is 6.54 Å². The van der Waals surface area contributed by atoms with Crippen LogP contribution in [-0.4, -0.2) is 22.1 Å². The molecule has 1 amide bonds. The summed E-state index contributed by atoms with van der Waals surface area (Å²) in [6.07, 6.45) is 12.4. The SMILES string of the molecule is C#CCCCCNC(=O)n1ccnc1. The molecule has 0 bridgehead atoms. The summed E-state index contributed by atoms with van der Waals surface area (Å²) in [6, 6.07) is -0.150. The van der Waals surface area contributed by atoms with Crippen LogP contribution in [0.25, 0.3) is 0 Å². The highest BCUT2D eigenvalue weighted by Crippen LogP contribution is 1.92. The minimum absolute atomic E-state index is 0.150. The molecule has 0 atom stereocenters. The monoisotopic (exact) mass is 191 g/mol. The molecule has 0 fully saturated rings. The Hall–Kier alpha value is -1.76. The van der Waals surface area contributed by atoms with Crippen LogP contribution in [-0.2, 0) is 0 Å². The van der Waals surface area contributed by atoms with Crippen LogP contribution in [0.15, 0.2) is 18.7 Å². The lowest BCUT2D eigenvalue weighted by atomic mass is 10.2. The quantitative estimate of drug-likeness (QED) is 0.575. The van der Waals surface area contributed by atoms with Crippen LogP contribution in [0.2, 0.25) is 0 Å². The van der Waals surface area contributed by atoms with Crippen molar-refractivity contribution in [3.8, 4) is 12.3 Å². The van der Waals surface area contributed by atoms with Gasteiger partial charge in [-0.15, -0.1) is 12.3 Å². The molecule has 1 aromatic heterocycles. The molecule has 1 aromatic rings. The Morgan fingerprint density at radius 3 is 3.07 bits per heavy atom. The van der Waals surface area contributed by atoms with E-state index in [9.17, 15) is 4.79 Å². The molecule has 0 aliphatic carbocycles. The van der Waals surface area contributed by atoms with Gasteiger partial charge >= 0.3 is 6.03 Å². The van der Waals surface area contributed by atoms with E-state index in [0.717, 1.165) is 19.3 Å². The van der Waals surface area contributed by atoms with Gasteiger partial charge in [-0.2, -0.15) is 0 Å². The van der Waals surface area contributed by atoms with Gasteiger partial charge in [-0.1, -0.05) is 0 Å². The number of aromatic nitrogens is 2. The van der Waals surface area contributed by atoms with E-state index in [1.54, 1.807) is 12.4 Å². The summed E-state index contributed by atoms with van der Waals surface area (Å²) >= 11 is 0. The van der Waals surface area contributed by atoms with Crippen LogP contribution in [0, 0.1) is 12.3 Å². The zero-order chi connectivity index (χ0) is 10.2. The number of imidazole rings is 1. The Balaban J connectivity index is 2.14. The van der Waals surface area contributed by atoms with Gasteiger partial charge in [0.05, 0.1) is 0 Å². The van der Waals surface area contributed by atoms with Gasteiger partial charge in [0.1, 0.15) is 6.33 Å². The third-order valence-corrected chi connectivity index (χ3v) is 1.76. The number of terminal acetylenes is 1. The van der Waals surface area contributed by atoms with Crippen molar-refractivity contribution in [3.63, 3.8) is 0 Å². The molecule has 0 spiro atoms. The lowest BCUT2D eigenvalue weighted by molar-refractivity contribution is 0.242. The molecule has 0 saturated heterocycles. The average Bonchev–Trinajstić information content (AvgIpc) is 2.70. The number of carbonyl (C=O) groups excluding carboxylic acids is 1. The van der Waals surface area contributed by atoms with Crippen molar-refractivity contribution in [1.29, 1.82) is 0 Å². The fourth-order valence-corrected chi connectivity index (χ4v) is 1.02. The fraction of sp³-hybridized carbons (Fsp3) is 0.400. The number of rotatable bonds is 4. The molecule has 74 valence electrons. The van der Waals surface area contributed by atoms with Crippen molar-refractivity contribution < 1.29 is 4.79 Å². The minimum Gasteiger partial charge on any atom is -0.337 e. The second-order valence-corrected chi connectivity index (χ2v) is 2.86. The lowest BCUT2D eigenvalue weighted by Gasteiger charge is -2.03. The van der Waals surface area contributed by atoms with E-state index in [2.05, 4.69) is 16.2 Å². The third kappa shape index (κ3) is 3.31. The number of amides is 1. The van der Waals surface area contributed by atoms with Crippen LogP contribution in [0.1, 0.15) is 19.3 Å². The minimum atomic E-state index is -0.150. The van der Waals surface area contributed by atoms with E-state index < -0.39 is 0 Å². The molecule has 1 rings (SSSR count). The standard InChI is InChI=1S/C10H13N3O/c1-2-3-4-5-6-12-10(14)13-8-7-11-9-13/h1,7-9H,3-6H2,(H,12,14).